The van der Waals surface area contributed by atoms with Crippen LogP contribution in [0.4, 0.5) is 5.95 Å². The Morgan fingerprint density at radius 2 is 2.17 bits per heavy atom. The van der Waals surface area contributed by atoms with Gasteiger partial charge in [0.25, 0.3) is 5.91 Å². The molecule has 1 amide bonds. The molecule has 1 atom stereocenters. The Hall–Kier alpha value is -2.58. The zero-order valence-corrected chi connectivity index (χ0v) is 18.0. The van der Waals surface area contributed by atoms with Gasteiger partial charge in [-0.3, -0.25) is 9.78 Å². The third-order valence-electron chi connectivity index (χ3n) is 5.10. The van der Waals surface area contributed by atoms with Crippen LogP contribution in [-0.4, -0.2) is 64.4 Å². The monoisotopic (exact) mass is 410 g/mol. The van der Waals surface area contributed by atoms with E-state index >= 15 is 0 Å². The molecular formula is C21H26N6OS. The highest BCUT2D eigenvalue weighted by Gasteiger charge is 2.33. The molecule has 29 heavy (non-hydrogen) atoms. The molecular weight excluding hydrogens is 384 g/mol. The summed E-state index contributed by atoms with van der Waals surface area (Å²) in [4.78, 5) is 31.8. The first-order chi connectivity index (χ1) is 13.9. The Balaban J connectivity index is 1.59. The number of pyridine rings is 1. The number of nitrogens with one attached hydrogen (secondary N) is 1. The maximum absolute atomic E-state index is 13.2. The number of likely N-dealkylation sites (tertiary alicyclic amines) is 1. The van der Waals surface area contributed by atoms with E-state index in [1.807, 2.05) is 43.1 Å². The van der Waals surface area contributed by atoms with Crippen molar-refractivity contribution in [3.8, 4) is 0 Å². The second-order valence-electron chi connectivity index (χ2n) is 7.96. The lowest BCUT2D eigenvalue weighted by Crippen LogP contribution is -2.53. The van der Waals surface area contributed by atoms with Gasteiger partial charge in [-0.05, 0) is 45.6 Å². The van der Waals surface area contributed by atoms with Crippen molar-refractivity contribution in [3.63, 3.8) is 0 Å². The maximum atomic E-state index is 13.2. The molecule has 0 bridgehead atoms. The first kappa shape index (κ1) is 19.7. The van der Waals surface area contributed by atoms with Crippen LogP contribution < -0.4 is 5.32 Å². The van der Waals surface area contributed by atoms with Crippen LogP contribution in [-0.2, 0) is 0 Å². The van der Waals surface area contributed by atoms with Crippen molar-refractivity contribution in [2.45, 2.75) is 19.9 Å². The molecule has 0 radical (unpaired) electrons. The van der Waals surface area contributed by atoms with Crippen LogP contribution in [0.1, 0.15) is 33.9 Å². The van der Waals surface area contributed by atoms with Gasteiger partial charge in [-0.15, -0.1) is 11.3 Å². The van der Waals surface area contributed by atoms with Crippen molar-refractivity contribution in [2.24, 2.45) is 5.92 Å². The highest BCUT2D eigenvalue weighted by Crippen LogP contribution is 2.30. The van der Waals surface area contributed by atoms with Crippen LogP contribution in [0.25, 0.3) is 10.2 Å². The van der Waals surface area contributed by atoms with Gasteiger partial charge in [0.2, 0.25) is 5.95 Å². The van der Waals surface area contributed by atoms with Crippen molar-refractivity contribution in [1.29, 1.82) is 0 Å². The summed E-state index contributed by atoms with van der Waals surface area (Å²) >= 11 is 1.58. The molecule has 4 heterocycles. The molecule has 1 saturated heterocycles. The van der Waals surface area contributed by atoms with Gasteiger partial charge >= 0.3 is 0 Å². The lowest BCUT2D eigenvalue weighted by molar-refractivity contribution is 0.0447. The van der Waals surface area contributed by atoms with Crippen molar-refractivity contribution < 1.29 is 4.79 Å². The second-order valence-corrected chi connectivity index (χ2v) is 9.21. The summed E-state index contributed by atoms with van der Waals surface area (Å²) in [6, 6.07) is 5.92. The van der Waals surface area contributed by atoms with E-state index in [1.54, 1.807) is 17.5 Å². The number of hydrogen-bond acceptors (Lipinski definition) is 7. The number of aryl methyl sites for hydroxylation is 1. The van der Waals surface area contributed by atoms with E-state index in [0.717, 1.165) is 40.3 Å². The molecule has 0 spiro atoms. The van der Waals surface area contributed by atoms with Gasteiger partial charge in [0.15, 0.2) is 5.69 Å². The minimum Gasteiger partial charge on any atom is -0.348 e. The molecule has 4 rings (SSSR count). The summed E-state index contributed by atoms with van der Waals surface area (Å²) in [5, 5.41) is 3.33. The first-order valence-corrected chi connectivity index (χ1v) is 10.6. The summed E-state index contributed by atoms with van der Waals surface area (Å²) < 4.78 is 0.864. The molecule has 1 unspecified atom stereocenters. The lowest BCUT2D eigenvalue weighted by Gasteiger charge is -2.40. The third-order valence-corrected chi connectivity index (χ3v) is 6.14. The fourth-order valence-electron chi connectivity index (χ4n) is 3.69. The first-order valence-electron chi connectivity index (χ1n) is 9.79. The van der Waals surface area contributed by atoms with Gasteiger partial charge in [-0.2, -0.15) is 0 Å². The van der Waals surface area contributed by atoms with Crippen molar-refractivity contribution in [1.82, 2.24) is 24.8 Å². The van der Waals surface area contributed by atoms with E-state index in [9.17, 15) is 4.79 Å². The predicted molar refractivity (Wildman–Crippen MR) is 116 cm³/mol. The predicted octanol–water partition coefficient (Wildman–Crippen LogP) is 3.20. The Morgan fingerprint density at radius 1 is 1.38 bits per heavy atom. The van der Waals surface area contributed by atoms with Crippen molar-refractivity contribution >= 4 is 33.4 Å². The minimum atomic E-state index is -0.0164. The largest absolute Gasteiger partial charge is 0.348 e. The average molecular weight is 411 g/mol. The number of carbonyl (C=O) groups excluding carboxylic acids is 1. The van der Waals surface area contributed by atoms with Gasteiger partial charge in [0, 0.05) is 42.8 Å². The number of fused-ring (bicyclic) bond motifs is 1. The van der Waals surface area contributed by atoms with E-state index in [0.29, 0.717) is 17.6 Å². The van der Waals surface area contributed by atoms with E-state index in [-0.39, 0.29) is 11.9 Å². The third kappa shape index (κ3) is 4.23. The maximum Gasteiger partial charge on any atom is 0.274 e. The van der Waals surface area contributed by atoms with Crippen molar-refractivity contribution in [3.05, 3.63) is 46.7 Å². The molecule has 1 fully saturated rings. The van der Waals surface area contributed by atoms with Crippen LogP contribution in [0, 0.1) is 12.8 Å². The van der Waals surface area contributed by atoms with Gasteiger partial charge < -0.3 is 15.1 Å². The number of hydrogen-bond donors (Lipinski definition) is 1. The molecule has 7 nitrogen and oxygen atoms in total. The quantitative estimate of drug-likeness (QED) is 0.673. The zero-order valence-electron chi connectivity index (χ0n) is 17.2. The molecule has 0 aromatic carbocycles. The van der Waals surface area contributed by atoms with Crippen LogP contribution in [0.2, 0.25) is 0 Å². The molecule has 3 aromatic heterocycles. The molecule has 1 N–H and O–H groups in total. The summed E-state index contributed by atoms with van der Waals surface area (Å²) in [5.74, 6) is 0.992. The highest BCUT2D eigenvalue weighted by atomic mass is 32.1. The number of amides is 1. The van der Waals surface area contributed by atoms with Crippen LogP contribution in [0.5, 0.6) is 0 Å². The number of rotatable bonds is 6. The summed E-state index contributed by atoms with van der Waals surface area (Å²) in [6.45, 7) is 6.62. The molecule has 8 heteroatoms. The second kappa shape index (κ2) is 8.04. The van der Waals surface area contributed by atoms with Gasteiger partial charge in [0.1, 0.15) is 0 Å². The fraction of sp³-hybridized carbons (Fsp3) is 0.429. The van der Waals surface area contributed by atoms with E-state index in [4.69, 9.17) is 0 Å². The number of aromatic nitrogens is 3. The number of nitrogens with zero attached hydrogens (tertiary/aromatic N) is 5. The van der Waals surface area contributed by atoms with Crippen LogP contribution in [0.3, 0.4) is 0 Å². The van der Waals surface area contributed by atoms with Gasteiger partial charge in [-0.1, -0.05) is 6.07 Å². The average Bonchev–Trinajstić information content (AvgIpc) is 3.03. The zero-order chi connectivity index (χ0) is 20.5. The summed E-state index contributed by atoms with van der Waals surface area (Å²) in [6.07, 6.45) is 3.57. The lowest BCUT2D eigenvalue weighted by atomic mass is 9.99. The highest BCUT2D eigenvalue weighted by molar-refractivity contribution is 7.19. The topological polar surface area (TPSA) is 74.2 Å². The Labute approximate surface area is 174 Å². The number of thiophene rings is 1. The Morgan fingerprint density at radius 3 is 2.86 bits per heavy atom. The Bertz CT molecular complexity index is 1010. The fourth-order valence-corrected chi connectivity index (χ4v) is 4.62. The molecule has 152 valence electrons. The molecule has 1 aliphatic heterocycles. The van der Waals surface area contributed by atoms with E-state index in [1.165, 1.54) is 0 Å². The molecule has 0 saturated carbocycles. The van der Waals surface area contributed by atoms with Gasteiger partial charge in [0.05, 0.1) is 16.3 Å². The standard InChI is InChI=1S/C21H26N6OS/c1-13-8-17-19(29-13)18(20(28)27-11-15(12-27)10-26(3)4)25-21(24-17)23-14(2)16-6-5-7-22-9-16/h5-9,14-15H,10-12H2,1-4H3,(H,23,24,25). The molecule has 0 aliphatic carbocycles. The molecule has 1 aliphatic rings. The van der Waals surface area contributed by atoms with Crippen LogP contribution in [0.15, 0.2) is 30.6 Å². The SMILES string of the molecule is Cc1cc2nc(NC(C)c3cccnc3)nc(C(=O)N3CC(CN(C)C)C3)c2s1. The normalized spacial score (nSPS) is 15.6. The number of anilines is 1. The van der Waals surface area contributed by atoms with Crippen LogP contribution >= 0.6 is 11.3 Å². The number of carbonyl (C=O) groups is 1. The van der Waals surface area contributed by atoms with Gasteiger partial charge in [-0.25, -0.2) is 9.97 Å². The summed E-state index contributed by atoms with van der Waals surface area (Å²) in [5.41, 5.74) is 2.36. The smallest absolute Gasteiger partial charge is 0.274 e. The molecule has 3 aromatic rings. The van der Waals surface area contributed by atoms with E-state index < -0.39 is 0 Å². The minimum absolute atomic E-state index is 0.00802. The van der Waals surface area contributed by atoms with E-state index in [2.05, 4.69) is 39.3 Å². The summed E-state index contributed by atoms with van der Waals surface area (Å²) in [7, 11) is 4.13. The van der Waals surface area contributed by atoms with Crippen molar-refractivity contribution in [2.75, 3.05) is 39.0 Å². The Kier molecular flexibility index (Phi) is 5.47.